The van der Waals surface area contributed by atoms with Gasteiger partial charge in [0.05, 0.1) is 0 Å². The lowest BCUT2D eigenvalue weighted by atomic mass is 10.3. The quantitative estimate of drug-likeness (QED) is 0.787. The Hall–Kier alpha value is -0.690. The summed E-state index contributed by atoms with van der Waals surface area (Å²) in [6.07, 6.45) is 1.59. The van der Waals surface area contributed by atoms with E-state index in [1.54, 1.807) is 13.1 Å². The van der Waals surface area contributed by atoms with E-state index in [1.165, 1.54) is 15.6 Å². The number of hydrogen-bond donors (Lipinski definition) is 1. The molecule has 0 atom stereocenters. The molecule has 0 aliphatic heterocycles. The normalized spacial score (nSPS) is 12.3. The van der Waals surface area contributed by atoms with Crippen molar-refractivity contribution in [3.63, 3.8) is 0 Å². The minimum Gasteiger partial charge on any atom is -0.310 e. The molecular weight excluding hydrogens is 280 g/mol. The number of hydrogen-bond acceptors (Lipinski definition) is 4. The van der Waals surface area contributed by atoms with E-state index in [4.69, 9.17) is 0 Å². The van der Waals surface area contributed by atoms with Crippen molar-refractivity contribution in [1.29, 1.82) is 0 Å². The first-order valence-electron chi connectivity index (χ1n) is 6.18. The van der Waals surface area contributed by atoms with E-state index >= 15 is 0 Å². The second kappa shape index (κ2) is 6.65. The van der Waals surface area contributed by atoms with Crippen LogP contribution in [0.4, 0.5) is 0 Å². The molecule has 0 aromatic carbocycles. The zero-order chi connectivity index (χ0) is 14.6. The molecule has 0 radical (unpaired) electrons. The summed E-state index contributed by atoms with van der Waals surface area (Å²) in [5.74, 6) is 0. The third-order valence-electron chi connectivity index (χ3n) is 2.71. The highest BCUT2D eigenvalue weighted by atomic mass is 32.2. The van der Waals surface area contributed by atoms with Gasteiger partial charge in [-0.25, -0.2) is 8.42 Å². The Morgan fingerprint density at radius 1 is 1.53 bits per heavy atom. The van der Waals surface area contributed by atoms with E-state index in [-0.39, 0.29) is 0 Å². The van der Waals surface area contributed by atoms with Crippen molar-refractivity contribution in [3.8, 4) is 0 Å². The van der Waals surface area contributed by atoms with Crippen LogP contribution in [0.5, 0.6) is 0 Å². The van der Waals surface area contributed by atoms with Gasteiger partial charge in [0.25, 0.3) is 0 Å². The van der Waals surface area contributed by atoms with Crippen LogP contribution >= 0.6 is 11.3 Å². The number of thiophene rings is 1. The average molecular weight is 302 g/mol. The van der Waals surface area contributed by atoms with E-state index in [0.29, 0.717) is 24.0 Å². The molecule has 1 N–H and O–H groups in total. The van der Waals surface area contributed by atoms with E-state index in [1.807, 2.05) is 26.2 Å². The lowest BCUT2D eigenvalue weighted by molar-refractivity contribution is 0.497. The minimum absolute atomic E-state index is 0.314. The van der Waals surface area contributed by atoms with Crippen LogP contribution in [-0.2, 0) is 16.6 Å². The number of nitrogens with one attached hydrogen (secondary N) is 1. The predicted molar refractivity (Wildman–Crippen MR) is 81.0 cm³/mol. The standard InChI is InChI=1S/C13H22N2O2S2/c1-6-7-15(5)19(16,17)13-11(4)9-18-12(13)8-14-10(2)3/h6,9-10,14H,1,7-8H2,2-5H3. The Balaban J connectivity index is 3.11. The molecule has 0 unspecified atom stereocenters. The fourth-order valence-corrected chi connectivity index (χ4v) is 4.53. The van der Waals surface area contributed by atoms with Crippen molar-refractivity contribution in [2.45, 2.75) is 38.3 Å². The zero-order valence-corrected chi connectivity index (χ0v) is 13.6. The zero-order valence-electron chi connectivity index (χ0n) is 11.9. The van der Waals surface area contributed by atoms with Crippen molar-refractivity contribution in [2.75, 3.05) is 13.6 Å². The van der Waals surface area contributed by atoms with Gasteiger partial charge in [-0.05, 0) is 17.9 Å². The summed E-state index contributed by atoms with van der Waals surface area (Å²) in [5.41, 5.74) is 0.807. The monoisotopic (exact) mass is 302 g/mol. The van der Waals surface area contributed by atoms with Crippen LogP contribution in [0, 0.1) is 6.92 Å². The highest BCUT2D eigenvalue weighted by Crippen LogP contribution is 2.29. The smallest absolute Gasteiger partial charge is 0.244 e. The Morgan fingerprint density at radius 2 is 2.16 bits per heavy atom. The lowest BCUT2D eigenvalue weighted by Crippen LogP contribution is -2.29. The molecule has 0 aliphatic rings. The molecule has 1 aromatic rings. The van der Waals surface area contributed by atoms with E-state index in [0.717, 1.165) is 10.4 Å². The second-order valence-electron chi connectivity index (χ2n) is 4.78. The molecule has 19 heavy (non-hydrogen) atoms. The van der Waals surface area contributed by atoms with Crippen LogP contribution in [0.1, 0.15) is 24.3 Å². The molecule has 0 spiro atoms. The van der Waals surface area contributed by atoms with Crippen LogP contribution in [-0.4, -0.2) is 32.4 Å². The van der Waals surface area contributed by atoms with Gasteiger partial charge in [0.15, 0.2) is 0 Å². The average Bonchev–Trinajstić information content (AvgIpc) is 2.68. The van der Waals surface area contributed by atoms with Crippen molar-refractivity contribution in [2.24, 2.45) is 0 Å². The van der Waals surface area contributed by atoms with Crippen LogP contribution in [0.3, 0.4) is 0 Å². The number of nitrogens with zero attached hydrogens (tertiary/aromatic N) is 1. The molecule has 0 saturated heterocycles. The van der Waals surface area contributed by atoms with Gasteiger partial charge in [-0.1, -0.05) is 19.9 Å². The Labute approximate surface area is 120 Å². The van der Waals surface area contributed by atoms with Crippen LogP contribution in [0.2, 0.25) is 0 Å². The molecule has 0 aliphatic carbocycles. The summed E-state index contributed by atoms with van der Waals surface area (Å²) in [7, 11) is -1.86. The van der Waals surface area contributed by atoms with Gasteiger partial charge in [0.1, 0.15) is 4.90 Å². The van der Waals surface area contributed by atoms with Gasteiger partial charge in [-0.3, -0.25) is 0 Å². The Kier molecular flexibility index (Phi) is 5.73. The van der Waals surface area contributed by atoms with Crippen molar-refractivity contribution in [3.05, 3.63) is 28.5 Å². The fraction of sp³-hybridized carbons (Fsp3) is 0.538. The number of rotatable bonds is 7. The van der Waals surface area contributed by atoms with E-state index in [9.17, 15) is 8.42 Å². The SMILES string of the molecule is C=CCN(C)S(=O)(=O)c1c(C)csc1CNC(C)C. The number of likely N-dealkylation sites (N-methyl/N-ethyl adjacent to an activating group) is 1. The molecule has 6 heteroatoms. The van der Waals surface area contributed by atoms with E-state index in [2.05, 4.69) is 11.9 Å². The van der Waals surface area contributed by atoms with Gasteiger partial charge in [0.2, 0.25) is 10.0 Å². The second-order valence-corrected chi connectivity index (χ2v) is 7.73. The number of sulfonamides is 1. The topological polar surface area (TPSA) is 49.4 Å². The van der Waals surface area contributed by atoms with Gasteiger partial charge in [-0.2, -0.15) is 4.31 Å². The molecule has 1 aromatic heterocycles. The molecular formula is C13H22N2O2S2. The number of aryl methyl sites for hydroxylation is 1. The molecule has 1 heterocycles. The van der Waals surface area contributed by atoms with Crippen molar-refractivity contribution in [1.82, 2.24) is 9.62 Å². The first-order valence-corrected chi connectivity index (χ1v) is 8.50. The van der Waals surface area contributed by atoms with Gasteiger partial charge in [0, 0.05) is 31.1 Å². The molecule has 4 nitrogen and oxygen atoms in total. The molecule has 0 bridgehead atoms. The highest BCUT2D eigenvalue weighted by molar-refractivity contribution is 7.89. The van der Waals surface area contributed by atoms with E-state index < -0.39 is 10.0 Å². The largest absolute Gasteiger partial charge is 0.310 e. The van der Waals surface area contributed by atoms with Crippen molar-refractivity contribution < 1.29 is 8.42 Å². The summed E-state index contributed by atoms with van der Waals surface area (Å²) in [5, 5.41) is 5.16. The van der Waals surface area contributed by atoms with Crippen LogP contribution in [0.25, 0.3) is 0 Å². The van der Waals surface area contributed by atoms with Crippen LogP contribution in [0.15, 0.2) is 22.9 Å². The first kappa shape index (κ1) is 16.4. The molecule has 0 amide bonds. The Morgan fingerprint density at radius 3 is 2.68 bits per heavy atom. The maximum atomic E-state index is 12.5. The molecule has 108 valence electrons. The lowest BCUT2D eigenvalue weighted by Gasteiger charge is -2.17. The van der Waals surface area contributed by atoms with Gasteiger partial charge >= 0.3 is 0 Å². The summed E-state index contributed by atoms with van der Waals surface area (Å²) in [6, 6.07) is 0.323. The Bertz CT molecular complexity index is 533. The minimum atomic E-state index is -3.43. The third-order valence-corrected chi connectivity index (χ3v) is 6.00. The third kappa shape index (κ3) is 3.89. The summed E-state index contributed by atoms with van der Waals surface area (Å²) < 4.78 is 26.4. The first-order chi connectivity index (χ1) is 8.80. The van der Waals surface area contributed by atoms with Gasteiger partial charge in [-0.15, -0.1) is 17.9 Å². The predicted octanol–water partition coefficient (Wildman–Crippen LogP) is 2.36. The van der Waals surface area contributed by atoms with Gasteiger partial charge < -0.3 is 5.32 Å². The summed E-state index contributed by atoms with van der Waals surface area (Å²) >= 11 is 1.49. The summed E-state index contributed by atoms with van der Waals surface area (Å²) in [6.45, 7) is 10.4. The summed E-state index contributed by atoms with van der Waals surface area (Å²) in [4.78, 5) is 1.30. The fourth-order valence-electron chi connectivity index (χ4n) is 1.69. The highest BCUT2D eigenvalue weighted by Gasteiger charge is 2.26. The molecule has 0 saturated carbocycles. The molecule has 0 fully saturated rings. The maximum Gasteiger partial charge on any atom is 0.244 e. The molecule has 1 rings (SSSR count). The van der Waals surface area contributed by atoms with Crippen LogP contribution < -0.4 is 5.32 Å². The maximum absolute atomic E-state index is 12.5. The van der Waals surface area contributed by atoms with Crippen molar-refractivity contribution >= 4 is 21.4 Å².